The van der Waals surface area contributed by atoms with Gasteiger partial charge in [-0.1, -0.05) is 31.2 Å². The van der Waals surface area contributed by atoms with Gasteiger partial charge in [-0.25, -0.2) is 0 Å². The topological polar surface area (TPSA) is 49.8 Å². The highest BCUT2D eigenvalue weighted by molar-refractivity contribution is 5.67. The number of hydrogen-bond donors (Lipinski definition) is 1. The summed E-state index contributed by atoms with van der Waals surface area (Å²) in [6.45, 7) is 5.22. The van der Waals surface area contributed by atoms with E-state index < -0.39 is 5.97 Å². The van der Waals surface area contributed by atoms with E-state index in [0.29, 0.717) is 13.2 Å². The van der Waals surface area contributed by atoms with Crippen LogP contribution in [0.4, 0.5) is 0 Å². The molecule has 0 aliphatic carbocycles. The van der Waals surface area contributed by atoms with Crippen LogP contribution in [-0.2, 0) is 22.5 Å². The molecule has 4 nitrogen and oxygen atoms in total. The number of benzene rings is 1. The number of ether oxygens (including phenoxy) is 1. The van der Waals surface area contributed by atoms with Gasteiger partial charge in [0, 0.05) is 19.6 Å². The molecular formula is C15H21NO3. The first-order valence-corrected chi connectivity index (χ1v) is 6.81. The van der Waals surface area contributed by atoms with Gasteiger partial charge in [-0.15, -0.1) is 0 Å². The van der Waals surface area contributed by atoms with Gasteiger partial charge in [0.05, 0.1) is 19.1 Å². The summed E-state index contributed by atoms with van der Waals surface area (Å²) in [5.41, 5.74) is 2.70. The zero-order valence-electron chi connectivity index (χ0n) is 11.3. The standard InChI is InChI=1S/C15H21NO3/c1-2-12-5-3-4-6-13(12)10-16-7-8-19-14(11-16)9-15(17)18/h3-6,14H,2,7-11H2,1H3,(H,17,18). The molecule has 2 rings (SSSR count). The Labute approximate surface area is 114 Å². The summed E-state index contributed by atoms with van der Waals surface area (Å²) < 4.78 is 5.49. The molecule has 0 aromatic heterocycles. The van der Waals surface area contributed by atoms with Crippen LogP contribution in [-0.4, -0.2) is 41.8 Å². The summed E-state index contributed by atoms with van der Waals surface area (Å²) in [4.78, 5) is 13.0. The lowest BCUT2D eigenvalue weighted by Crippen LogP contribution is -2.42. The van der Waals surface area contributed by atoms with Crippen molar-refractivity contribution in [2.45, 2.75) is 32.4 Å². The lowest BCUT2D eigenvalue weighted by atomic mass is 10.0. The predicted molar refractivity (Wildman–Crippen MR) is 73.1 cm³/mol. The first-order valence-electron chi connectivity index (χ1n) is 6.81. The maximum atomic E-state index is 10.7. The predicted octanol–water partition coefficient (Wildman–Crippen LogP) is 1.92. The second-order valence-corrected chi connectivity index (χ2v) is 4.95. The number of hydrogen-bond acceptors (Lipinski definition) is 3. The van der Waals surface area contributed by atoms with Gasteiger partial charge in [0.25, 0.3) is 0 Å². The molecular weight excluding hydrogens is 242 g/mol. The van der Waals surface area contributed by atoms with Crippen molar-refractivity contribution in [3.8, 4) is 0 Å². The molecule has 0 spiro atoms. The number of carbonyl (C=O) groups is 1. The fourth-order valence-electron chi connectivity index (χ4n) is 2.54. The van der Waals surface area contributed by atoms with E-state index in [-0.39, 0.29) is 12.5 Å². The Balaban J connectivity index is 1.96. The second kappa shape index (κ2) is 6.68. The summed E-state index contributed by atoms with van der Waals surface area (Å²) in [6, 6.07) is 8.43. The fourth-order valence-corrected chi connectivity index (χ4v) is 2.54. The Hall–Kier alpha value is -1.39. The van der Waals surface area contributed by atoms with E-state index in [1.807, 2.05) is 0 Å². The second-order valence-electron chi connectivity index (χ2n) is 4.95. The van der Waals surface area contributed by atoms with Crippen LogP contribution in [0.3, 0.4) is 0 Å². The average Bonchev–Trinajstić information content (AvgIpc) is 2.39. The van der Waals surface area contributed by atoms with Crippen LogP contribution in [0.25, 0.3) is 0 Å². The Morgan fingerprint density at radius 3 is 2.84 bits per heavy atom. The normalized spacial score (nSPS) is 20.4. The Bertz CT molecular complexity index is 433. The number of aryl methyl sites for hydroxylation is 1. The van der Waals surface area contributed by atoms with Crippen LogP contribution < -0.4 is 0 Å². The van der Waals surface area contributed by atoms with E-state index >= 15 is 0 Å². The van der Waals surface area contributed by atoms with Crippen molar-refractivity contribution in [1.29, 1.82) is 0 Å². The molecule has 1 aliphatic heterocycles. The molecule has 1 saturated heterocycles. The van der Waals surface area contributed by atoms with Crippen molar-refractivity contribution in [3.05, 3.63) is 35.4 Å². The van der Waals surface area contributed by atoms with Crippen LogP contribution in [0.15, 0.2) is 24.3 Å². The van der Waals surface area contributed by atoms with E-state index in [9.17, 15) is 4.79 Å². The van der Waals surface area contributed by atoms with Gasteiger partial charge in [-0.3, -0.25) is 9.69 Å². The van der Waals surface area contributed by atoms with Crippen LogP contribution in [0.1, 0.15) is 24.5 Å². The summed E-state index contributed by atoms with van der Waals surface area (Å²) in [5.74, 6) is -0.791. The highest BCUT2D eigenvalue weighted by atomic mass is 16.5. The van der Waals surface area contributed by atoms with Crippen molar-refractivity contribution in [1.82, 2.24) is 4.90 Å². The third-order valence-corrected chi connectivity index (χ3v) is 3.52. The van der Waals surface area contributed by atoms with Gasteiger partial charge >= 0.3 is 5.97 Å². The van der Waals surface area contributed by atoms with E-state index in [1.54, 1.807) is 0 Å². The molecule has 1 aromatic carbocycles. The molecule has 1 unspecified atom stereocenters. The van der Waals surface area contributed by atoms with E-state index in [1.165, 1.54) is 11.1 Å². The lowest BCUT2D eigenvalue weighted by molar-refractivity contribution is -0.142. The van der Waals surface area contributed by atoms with Crippen molar-refractivity contribution in [2.75, 3.05) is 19.7 Å². The van der Waals surface area contributed by atoms with E-state index in [2.05, 4.69) is 36.1 Å². The third kappa shape index (κ3) is 4.04. The summed E-state index contributed by atoms with van der Waals surface area (Å²) in [6.07, 6.45) is 0.936. The first-order chi connectivity index (χ1) is 9.19. The molecule has 104 valence electrons. The van der Waals surface area contributed by atoms with Crippen molar-refractivity contribution in [3.63, 3.8) is 0 Å². The maximum Gasteiger partial charge on any atom is 0.306 e. The molecule has 1 heterocycles. The molecule has 4 heteroatoms. The molecule has 19 heavy (non-hydrogen) atoms. The average molecular weight is 263 g/mol. The molecule has 1 atom stereocenters. The Kier molecular flexibility index (Phi) is 4.93. The number of carboxylic acid groups (broad SMARTS) is 1. The first kappa shape index (κ1) is 14.0. The van der Waals surface area contributed by atoms with Crippen LogP contribution in [0.2, 0.25) is 0 Å². The summed E-state index contributed by atoms with van der Waals surface area (Å²) >= 11 is 0. The molecule has 1 N–H and O–H groups in total. The number of rotatable bonds is 5. The summed E-state index contributed by atoms with van der Waals surface area (Å²) in [7, 11) is 0. The minimum absolute atomic E-state index is 0.0892. The summed E-state index contributed by atoms with van der Waals surface area (Å²) in [5, 5.41) is 8.83. The molecule has 1 aliphatic rings. The van der Waals surface area contributed by atoms with Gasteiger partial charge in [-0.2, -0.15) is 0 Å². The zero-order valence-corrected chi connectivity index (χ0v) is 11.3. The molecule has 0 bridgehead atoms. The van der Waals surface area contributed by atoms with Gasteiger partial charge in [0.1, 0.15) is 0 Å². The van der Waals surface area contributed by atoms with Crippen LogP contribution >= 0.6 is 0 Å². The minimum atomic E-state index is -0.791. The Morgan fingerprint density at radius 1 is 1.42 bits per heavy atom. The van der Waals surface area contributed by atoms with Gasteiger partial charge in [0.2, 0.25) is 0 Å². The SMILES string of the molecule is CCc1ccccc1CN1CCOC(CC(=O)O)C1. The van der Waals surface area contributed by atoms with E-state index in [0.717, 1.165) is 19.5 Å². The molecule has 0 saturated carbocycles. The quantitative estimate of drug-likeness (QED) is 0.882. The highest BCUT2D eigenvalue weighted by Crippen LogP contribution is 2.16. The number of aliphatic carboxylic acids is 1. The van der Waals surface area contributed by atoms with Crippen molar-refractivity contribution < 1.29 is 14.6 Å². The van der Waals surface area contributed by atoms with Crippen molar-refractivity contribution in [2.24, 2.45) is 0 Å². The third-order valence-electron chi connectivity index (χ3n) is 3.52. The fraction of sp³-hybridized carbons (Fsp3) is 0.533. The largest absolute Gasteiger partial charge is 0.481 e. The number of morpholine rings is 1. The van der Waals surface area contributed by atoms with Crippen LogP contribution in [0, 0.1) is 0 Å². The molecule has 1 fully saturated rings. The highest BCUT2D eigenvalue weighted by Gasteiger charge is 2.22. The lowest BCUT2D eigenvalue weighted by Gasteiger charge is -2.32. The smallest absolute Gasteiger partial charge is 0.306 e. The van der Waals surface area contributed by atoms with Gasteiger partial charge in [-0.05, 0) is 17.5 Å². The number of nitrogens with zero attached hydrogens (tertiary/aromatic N) is 1. The molecule has 0 amide bonds. The monoisotopic (exact) mass is 263 g/mol. The van der Waals surface area contributed by atoms with E-state index in [4.69, 9.17) is 9.84 Å². The van der Waals surface area contributed by atoms with Crippen LogP contribution in [0.5, 0.6) is 0 Å². The minimum Gasteiger partial charge on any atom is -0.481 e. The molecule has 0 radical (unpaired) electrons. The maximum absolute atomic E-state index is 10.7. The van der Waals surface area contributed by atoms with Gasteiger partial charge < -0.3 is 9.84 Å². The number of carboxylic acids is 1. The molecule has 1 aromatic rings. The Morgan fingerprint density at radius 2 is 2.16 bits per heavy atom. The zero-order chi connectivity index (χ0) is 13.7. The van der Waals surface area contributed by atoms with Gasteiger partial charge in [0.15, 0.2) is 0 Å². The van der Waals surface area contributed by atoms with Crippen molar-refractivity contribution >= 4 is 5.97 Å².